The van der Waals surface area contributed by atoms with Gasteiger partial charge in [0.05, 0.1) is 0 Å². The highest BCUT2D eigenvalue weighted by Crippen LogP contribution is 2.67. The van der Waals surface area contributed by atoms with Crippen molar-refractivity contribution in [3.05, 3.63) is 23.8 Å². The van der Waals surface area contributed by atoms with Crippen molar-refractivity contribution in [1.82, 2.24) is 3.11 Å². The lowest BCUT2D eigenvalue weighted by atomic mass is 9.46. The van der Waals surface area contributed by atoms with Gasteiger partial charge in [-0.3, -0.25) is 14.4 Å². The number of aliphatic hydroxyl groups is 1. The lowest BCUT2D eigenvalue weighted by molar-refractivity contribution is -0.171. The number of nitrogens with zero attached hydrogens (tertiary/aromatic N) is 1. The SMILES string of the molecule is CCCCCN(I)CCC(=O)[C@@]1(O)[C@H](C)C[C@H]2[C@@H]3CCC4=CC(=O)C=C[C@]4(C)[C@H]3C(=O)C[C@@]21C. The van der Waals surface area contributed by atoms with Crippen molar-refractivity contribution in [3.63, 3.8) is 0 Å². The Kier molecular flexibility index (Phi) is 7.36. The van der Waals surface area contributed by atoms with Gasteiger partial charge in [-0.15, -0.1) is 0 Å². The number of carbonyl (C=O) groups excluding carboxylic acids is 3. The van der Waals surface area contributed by atoms with Crippen LogP contribution in [-0.2, 0) is 14.4 Å². The molecule has 4 aliphatic carbocycles. The fourth-order valence-electron chi connectivity index (χ4n) is 8.02. The summed E-state index contributed by atoms with van der Waals surface area (Å²) >= 11 is 2.29. The largest absolute Gasteiger partial charge is 0.381 e. The second kappa shape index (κ2) is 9.55. The van der Waals surface area contributed by atoms with Crippen LogP contribution in [0.2, 0.25) is 0 Å². The summed E-state index contributed by atoms with van der Waals surface area (Å²) in [4.78, 5) is 39.4. The van der Waals surface area contributed by atoms with Crippen LogP contribution >= 0.6 is 22.9 Å². The van der Waals surface area contributed by atoms with Gasteiger partial charge in [-0.1, -0.05) is 52.2 Å². The van der Waals surface area contributed by atoms with Crippen molar-refractivity contribution in [2.24, 2.45) is 34.5 Å². The molecule has 188 valence electrons. The Labute approximate surface area is 218 Å². The van der Waals surface area contributed by atoms with E-state index in [1.165, 1.54) is 12.8 Å². The van der Waals surface area contributed by atoms with Crippen molar-refractivity contribution in [1.29, 1.82) is 0 Å². The number of rotatable bonds is 8. The zero-order valence-electron chi connectivity index (χ0n) is 21.1. The normalized spacial score (nSPS) is 41.2. The molecule has 34 heavy (non-hydrogen) atoms. The van der Waals surface area contributed by atoms with Crippen LogP contribution in [0.25, 0.3) is 0 Å². The van der Waals surface area contributed by atoms with Gasteiger partial charge in [0, 0.05) is 65.5 Å². The van der Waals surface area contributed by atoms with Gasteiger partial charge in [-0.25, -0.2) is 3.11 Å². The van der Waals surface area contributed by atoms with Crippen molar-refractivity contribution in [2.45, 2.75) is 84.7 Å². The first kappa shape index (κ1) is 26.2. The molecule has 6 heteroatoms. The Balaban J connectivity index is 1.56. The molecule has 4 rings (SSSR count). The fourth-order valence-corrected chi connectivity index (χ4v) is 8.60. The predicted molar refractivity (Wildman–Crippen MR) is 141 cm³/mol. The summed E-state index contributed by atoms with van der Waals surface area (Å²) in [7, 11) is 0. The minimum atomic E-state index is -1.46. The van der Waals surface area contributed by atoms with Crippen LogP contribution < -0.4 is 0 Å². The number of ketones is 3. The van der Waals surface area contributed by atoms with Gasteiger partial charge in [-0.05, 0) is 55.6 Å². The van der Waals surface area contributed by atoms with E-state index in [-0.39, 0.29) is 47.4 Å². The lowest BCUT2D eigenvalue weighted by Gasteiger charge is -2.56. The molecule has 0 bridgehead atoms. The van der Waals surface area contributed by atoms with E-state index in [9.17, 15) is 19.5 Å². The van der Waals surface area contributed by atoms with Gasteiger partial charge in [0.15, 0.2) is 11.6 Å². The smallest absolute Gasteiger partial charge is 0.178 e. The molecule has 3 fully saturated rings. The number of fused-ring (bicyclic) bond motifs is 5. The summed E-state index contributed by atoms with van der Waals surface area (Å²) < 4.78 is 2.16. The molecule has 0 radical (unpaired) electrons. The topological polar surface area (TPSA) is 74.7 Å². The molecule has 0 aliphatic heterocycles. The molecule has 0 saturated heterocycles. The Morgan fingerprint density at radius 3 is 2.68 bits per heavy atom. The van der Waals surface area contributed by atoms with E-state index in [0.29, 0.717) is 13.0 Å². The first-order valence-corrected chi connectivity index (χ1v) is 14.1. The van der Waals surface area contributed by atoms with Crippen LogP contribution in [0.3, 0.4) is 0 Å². The maximum absolute atomic E-state index is 13.8. The third-order valence-corrected chi connectivity index (χ3v) is 10.8. The Morgan fingerprint density at radius 2 is 1.97 bits per heavy atom. The van der Waals surface area contributed by atoms with Gasteiger partial charge >= 0.3 is 0 Å². The van der Waals surface area contributed by atoms with Crippen LogP contribution in [0.5, 0.6) is 0 Å². The number of Topliss-reactive ketones (excluding diaryl/α,β-unsaturated/α-hetero) is 2. The molecule has 0 heterocycles. The zero-order valence-corrected chi connectivity index (χ0v) is 23.3. The lowest BCUT2D eigenvalue weighted by Crippen LogP contribution is -2.61. The van der Waals surface area contributed by atoms with E-state index >= 15 is 0 Å². The van der Waals surface area contributed by atoms with Gasteiger partial charge in [0.2, 0.25) is 0 Å². The van der Waals surface area contributed by atoms with Gasteiger partial charge in [0.25, 0.3) is 0 Å². The molecular formula is C28H40INO4. The fraction of sp³-hybridized carbons (Fsp3) is 0.750. The van der Waals surface area contributed by atoms with Crippen LogP contribution in [-0.4, -0.2) is 44.3 Å². The Bertz CT molecular complexity index is 927. The summed E-state index contributed by atoms with van der Waals surface area (Å²) in [6, 6.07) is 0. The van der Waals surface area contributed by atoms with Crippen molar-refractivity contribution in [2.75, 3.05) is 13.1 Å². The van der Waals surface area contributed by atoms with E-state index in [4.69, 9.17) is 0 Å². The highest BCUT2D eigenvalue weighted by molar-refractivity contribution is 14.1. The minimum absolute atomic E-state index is 0.00693. The maximum atomic E-state index is 13.8. The maximum Gasteiger partial charge on any atom is 0.178 e. The van der Waals surface area contributed by atoms with Crippen LogP contribution in [0.1, 0.15) is 79.1 Å². The first-order valence-electron chi connectivity index (χ1n) is 13.1. The van der Waals surface area contributed by atoms with E-state index < -0.39 is 16.4 Å². The van der Waals surface area contributed by atoms with Crippen LogP contribution in [0, 0.1) is 34.5 Å². The average molecular weight is 582 g/mol. The average Bonchev–Trinajstić information content (AvgIpc) is 2.99. The second-order valence-corrected chi connectivity index (χ2v) is 13.1. The van der Waals surface area contributed by atoms with Crippen LogP contribution in [0.15, 0.2) is 23.8 Å². The summed E-state index contributed by atoms with van der Waals surface area (Å²) in [5.41, 5.74) is -1.55. The molecule has 0 amide bonds. The van der Waals surface area contributed by atoms with E-state index in [0.717, 1.165) is 37.8 Å². The molecule has 7 atom stereocenters. The standard InChI is InChI=1S/C28H40INO4/c1-5-6-7-13-30(29)14-11-24(33)28(34)18(2)15-22-21-9-8-19-16-20(31)10-12-26(19,3)25(21)23(32)17-27(22,28)4/h10,12,16,18,21-22,25,34H,5-9,11,13-15,17H2,1-4H3/t18-,21+,22+,25-,26+,27+,28+/m1/s1. The van der Waals surface area contributed by atoms with E-state index in [1.54, 1.807) is 12.2 Å². The molecule has 3 saturated carbocycles. The number of hydrogen-bond donors (Lipinski definition) is 1. The molecule has 0 aromatic heterocycles. The van der Waals surface area contributed by atoms with Gasteiger partial charge < -0.3 is 5.11 Å². The highest BCUT2D eigenvalue weighted by atomic mass is 127. The number of unbranched alkanes of at least 4 members (excludes halogenated alkanes) is 2. The number of halogens is 1. The van der Waals surface area contributed by atoms with E-state index in [2.05, 4.69) is 39.8 Å². The predicted octanol–water partition coefficient (Wildman–Crippen LogP) is 5.25. The molecule has 5 nitrogen and oxygen atoms in total. The third-order valence-electron chi connectivity index (χ3n) is 9.85. The van der Waals surface area contributed by atoms with E-state index in [1.807, 2.05) is 19.9 Å². The number of allylic oxidation sites excluding steroid dienone is 4. The number of hydrogen-bond acceptors (Lipinski definition) is 5. The van der Waals surface area contributed by atoms with Crippen molar-refractivity contribution < 1.29 is 19.5 Å². The molecule has 0 spiro atoms. The molecule has 0 unspecified atom stereocenters. The molecular weight excluding hydrogens is 541 g/mol. The molecule has 4 aliphatic rings. The van der Waals surface area contributed by atoms with Gasteiger partial charge in [0.1, 0.15) is 11.4 Å². The van der Waals surface area contributed by atoms with Gasteiger partial charge in [-0.2, -0.15) is 0 Å². The molecule has 1 N–H and O–H groups in total. The molecule has 0 aromatic rings. The summed E-state index contributed by atoms with van der Waals surface area (Å²) in [5.74, 6) is -0.0344. The van der Waals surface area contributed by atoms with Crippen molar-refractivity contribution >= 4 is 40.2 Å². The monoisotopic (exact) mass is 581 g/mol. The van der Waals surface area contributed by atoms with Crippen molar-refractivity contribution in [3.8, 4) is 0 Å². The minimum Gasteiger partial charge on any atom is -0.381 e. The first-order chi connectivity index (χ1) is 16.0. The quantitative estimate of drug-likeness (QED) is 0.241. The summed E-state index contributed by atoms with van der Waals surface area (Å²) in [5, 5.41) is 12.1. The second-order valence-electron chi connectivity index (χ2n) is 11.7. The zero-order chi connectivity index (χ0) is 24.9. The highest BCUT2D eigenvalue weighted by Gasteiger charge is 2.70. The number of carbonyl (C=O) groups is 3. The molecule has 0 aromatic carbocycles. The summed E-state index contributed by atoms with van der Waals surface area (Å²) in [6.07, 6.45) is 11.7. The summed E-state index contributed by atoms with van der Waals surface area (Å²) in [6.45, 7) is 9.86. The Morgan fingerprint density at radius 1 is 1.24 bits per heavy atom. The van der Waals surface area contributed by atoms with Crippen LogP contribution in [0.4, 0.5) is 0 Å². The Hall–Kier alpha value is -0.860. The third kappa shape index (κ3) is 4.00.